The number of anilines is 1. The Morgan fingerprint density at radius 2 is 1.68 bits per heavy atom. The summed E-state index contributed by atoms with van der Waals surface area (Å²) < 4.78 is 0. The lowest BCUT2D eigenvalue weighted by Crippen LogP contribution is -2.59. The molecule has 34 heavy (non-hydrogen) atoms. The van der Waals surface area contributed by atoms with E-state index < -0.39 is 5.60 Å². The van der Waals surface area contributed by atoms with Crippen LogP contribution in [0.15, 0.2) is 54.6 Å². The van der Waals surface area contributed by atoms with Gasteiger partial charge >= 0.3 is 6.03 Å². The van der Waals surface area contributed by atoms with E-state index in [0.717, 1.165) is 51.5 Å². The Hall–Kier alpha value is -2.88. The summed E-state index contributed by atoms with van der Waals surface area (Å²) in [4.78, 5) is 17.6. The van der Waals surface area contributed by atoms with Gasteiger partial charge in [0.15, 0.2) is 0 Å². The molecule has 0 aromatic heterocycles. The molecule has 0 unspecified atom stereocenters. The Bertz CT molecular complexity index is 1080. The first-order valence-corrected chi connectivity index (χ1v) is 12.6. The van der Waals surface area contributed by atoms with Crippen molar-refractivity contribution in [2.45, 2.75) is 68.5 Å². The van der Waals surface area contributed by atoms with Crippen LogP contribution in [0.2, 0.25) is 0 Å². The summed E-state index contributed by atoms with van der Waals surface area (Å²) in [5, 5.41) is 24.5. The molecular weight excluding hydrogens is 424 g/mol. The summed E-state index contributed by atoms with van der Waals surface area (Å²) in [5.41, 5.74) is 1.23. The summed E-state index contributed by atoms with van der Waals surface area (Å²) in [7, 11) is 0. The van der Waals surface area contributed by atoms with Gasteiger partial charge in [-0.2, -0.15) is 5.26 Å². The lowest BCUT2D eigenvalue weighted by Gasteiger charge is -2.50. The van der Waals surface area contributed by atoms with Gasteiger partial charge in [0.2, 0.25) is 0 Å². The number of carbonyl (C=O) groups is 1. The highest BCUT2D eigenvalue weighted by atomic mass is 16.3. The molecule has 3 aliphatic rings. The fourth-order valence-electron chi connectivity index (χ4n) is 6.29. The number of amides is 2. The molecule has 1 saturated heterocycles. The first-order chi connectivity index (χ1) is 16.4. The molecule has 3 fully saturated rings. The topological polar surface area (TPSA) is 79.6 Å². The molecule has 6 nitrogen and oxygen atoms in total. The Morgan fingerprint density at radius 1 is 1.00 bits per heavy atom. The second kappa shape index (κ2) is 8.72. The van der Waals surface area contributed by atoms with Crippen LogP contribution in [0.5, 0.6) is 0 Å². The minimum absolute atomic E-state index is 0.0845. The summed E-state index contributed by atoms with van der Waals surface area (Å²) >= 11 is 0. The summed E-state index contributed by atoms with van der Waals surface area (Å²) in [5.74, 6) is 0. The molecule has 1 aliphatic heterocycles. The number of rotatable bonds is 6. The minimum Gasteiger partial charge on any atom is -0.388 e. The van der Waals surface area contributed by atoms with Gasteiger partial charge in [-0.3, -0.25) is 4.90 Å². The van der Waals surface area contributed by atoms with Crippen molar-refractivity contribution in [2.24, 2.45) is 0 Å². The van der Waals surface area contributed by atoms with Crippen LogP contribution >= 0.6 is 0 Å². The van der Waals surface area contributed by atoms with Crippen molar-refractivity contribution in [3.63, 3.8) is 0 Å². The van der Waals surface area contributed by atoms with Crippen molar-refractivity contribution in [3.05, 3.63) is 65.7 Å². The zero-order chi connectivity index (χ0) is 23.8. The smallest absolute Gasteiger partial charge is 0.325 e. The zero-order valence-corrected chi connectivity index (χ0v) is 20.0. The van der Waals surface area contributed by atoms with Crippen LogP contribution in [0.25, 0.3) is 0 Å². The standard InChI is InChI=1S/C28H34N4O2/c1-2-30-28(23-10-4-3-5-11-23)17-15-26(16-18-28)20-31(24-12-7-6-9-22(24)19-29)25(33)32(26)21-27(34)13-8-14-27/h3-7,9-12,30,34H,2,8,13-18,20-21H2,1H3/t26-,28+. The molecule has 5 rings (SSSR count). The molecule has 2 saturated carbocycles. The van der Waals surface area contributed by atoms with Crippen molar-refractivity contribution in [2.75, 3.05) is 24.5 Å². The highest BCUT2D eigenvalue weighted by Crippen LogP contribution is 2.49. The van der Waals surface area contributed by atoms with Gasteiger partial charge in [0.05, 0.1) is 35.5 Å². The zero-order valence-electron chi connectivity index (χ0n) is 20.0. The van der Waals surface area contributed by atoms with E-state index in [2.05, 4.69) is 48.6 Å². The van der Waals surface area contributed by atoms with Crippen molar-refractivity contribution in [1.29, 1.82) is 5.26 Å². The molecule has 1 spiro atoms. The molecule has 2 aromatic rings. The highest BCUT2D eigenvalue weighted by Gasteiger charge is 2.56. The van der Waals surface area contributed by atoms with Crippen LogP contribution in [0, 0.1) is 11.3 Å². The van der Waals surface area contributed by atoms with Gasteiger partial charge in [-0.1, -0.05) is 49.4 Å². The quantitative estimate of drug-likeness (QED) is 0.666. The maximum absolute atomic E-state index is 13.8. The van der Waals surface area contributed by atoms with Crippen LogP contribution in [0.1, 0.15) is 63.0 Å². The fraction of sp³-hybridized carbons (Fsp3) is 0.500. The predicted octanol–water partition coefficient (Wildman–Crippen LogP) is 4.53. The van der Waals surface area contributed by atoms with Gasteiger partial charge in [-0.05, 0) is 69.2 Å². The number of nitrogens with zero attached hydrogens (tertiary/aromatic N) is 3. The maximum atomic E-state index is 13.8. The number of benzene rings is 2. The third kappa shape index (κ3) is 3.77. The van der Waals surface area contributed by atoms with E-state index in [9.17, 15) is 15.2 Å². The summed E-state index contributed by atoms with van der Waals surface area (Å²) in [6.45, 7) is 3.95. The fourth-order valence-corrected chi connectivity index (χ4v) is 6.29. The SMILES string of the molecule is CCN[C@]1(c2ccccc2)CC[C@]2(CC1)CN(c1ccccc1C#N)C(=O)N2CC1(O)CCC1. The van der Waals surface area contributed by atoms with E-state index in [1.807, 2.05) is 23.1 Å². The summed E-state index contributed by atoms with van der Waals surface area (Å²) in [6.07, 6.45) is 6.02. The third-order valence-electron chi connectivity index (χ3n) is 8.41. The average molecular weight is 459 g/mol. The minimum atomic E-state index is -0.789. The monoisotopic (exact) mass is 458 g/mol. The van der Waals surface area contributed by atoms with Crippen LogP contribution < -0.4 is 10.2 Å². The van der Waals surface area contributed by atoms with Crippen LogP contribution in [0.4, 0.5) is 10.5 Å². The first-order valence-electron chi connectivity index (χ1n) is 12.6. The number of aliphatic hydroxyl groups is 1. The first kappa shape index (κ1) is 22.9. The van der Waals surface area contributed by atoms with Crippen LogP contribution in [-0.4, -0.2) is 46.8 Å². The predicted molar refractivity (Wildman–Crippen MR) is 132 cm³/mol. The molecule has 6 heteroatoms. The molecule has 2 N–H and O–H groups in total. The average Bonchev–Trinajstić information content (AvgIpc) is 3.11. The lowest BCUT2D eigenvalue weighted by atomic mass is 9.68. The molecule has 0 bridgehead atoms. The van der Waals surface area contributed by atoms with E-state index in [4.69, 9.17) is 0 Å². The Balaban J connectivity index is 1.48. The Morgan fingerprint density at radius 3 is 2.29 bits per heavy atom. The van der Waals surface area contributed by atoms with Crippen LogP contribution in [0.3, 0.4) is 0 Å². The van der Waals surface area contributed by atoms with Gasteiger partial charge in [0.1, 0.15) is 6.07 Å². The second-order valence-electron chi connectivity index (χ2n) is 10.4. The largest absolute Gasteiger partial charge is 0.388 e. The van der Waals surface area contributed by atoms with Gasteiger partial charge in [0, 0.05) is 5.54 Å². The van der Waals surface area contributed by atoms with Gasteiger partial charge < -0.3 is 15.3 Å². The molecule has 178 valence electrons. The number of hydrogen-bond donors (Lipinski definition) is 2. The number of hydrogen-bond acceptors (Lipinski definition) is 4. The van der Waals surface area contributed by atoms with Gasteiger partial charge in [-0.25, -0.2) is 4.79 Å². The lowest BCUT2D eigenvalue weighted by molar-refractivity contribution is -0.0691. The maximum Gasteiger partial charge on any atom is 0.325 e. The van der Waals surface area contributed by atoms with Gasteiger partial charge in [0.25, 0.3) is 0 Å². The van der Waals surface area contributed by atoms with E-state index >= 15 is 0 Å². The molecular formula is C28H34N4O2. The van der Waals surface area contributed by atoms with Crippen molar-refractivity contribution in [1.82, 2.24) is 10.2 Å². The van der Waals surface area contributed by atoms with E-state index in [1.54, 1.807) is 11.0 Å². The molecule has 0 radical (unpaired) electrons. The number of nitriles is 1. The van der Waals surface area contributed by atoms with Gasteiger partial charge in [-0.15, -0.1) is 0 Å². The second-order valence-corrected chi connectivity index (χ2v) is 10.4. The molecule has 1 heterocycles. The van der Waals surface area contributed by atoms with Crippen molar-refractivity contribution in [3.8, 4) is 6.07 Å². The number of β-amino-alcohol motifs (C(OH)–C–C–N with tert-alkyl or cyclic N) is 1. The normalized spacial score (nSPS) is 28.1. The van der Waals surface area contributed by atoms with Crippen molar-refractivity contribution < 1.29 is 9.90 Å². The summed E-state index contributed by atoms with van der Waals surface area (Å²) in [6, 6.07) is 20.1. The molecule has 2 aliphatic carbocycles. The van der Waals surface area contributed by atoms with E-state index in [0.29, 0.717) is 24.3 Å². The molecule has 2 amide bonds. The number of nitrogens with one attached hydrogen (secondary N) is 1. The number of urea groups is 1. The van der Waals surface area contributed by atoms with E-state index in [1.165, 1.54) is 5.56 Å². The highest BCUT2D eigenvalue weighted by molar-refractivity contribution is 5.96. The Labute approximate surface area is 202 Å². The van der Waals surface area contributed by atoms with Crippen LogP contribution in [-0.2, 0) is 5.54 Å². The number of para-hydroxylation sites is 1. The third-order valence-corrected chi connectivity index (χ3v) is 8.41. The van der Waals surface area contributed by atoms with Crippen molar-refractivity contribution >= 4 is 11.7 Å². The number of carbonyl (C=O) groups excluding carboxylic acids is 1. The Kier molecular flexibility index (Phi) is 5.87. The van der Waals surface area contributed by atoms with E-state index in [-0.39, 0.29) is 17.1 Å². The molecule has 2 aromatic carbocycles. The molecule has 0 atom stereocenters.